The van der Waals surface area contributed by atoms with Crippen LogP contribution in [0.3, 0.4) is 0 Å². The number of halogens is 3. The summed E-state index contributed by atoms with van der Waals surface area (Å²) in [5.41, 5.74) is 2.95. The van der Waals surface area contributed by atoms with Crippen molar-refractivity contribution in [1.29, 1.82) is 0 Å². The van der Waals surface area contributed by atoms with E-state index in [0.29, 0.717) is 72.2 Å². The highest BCUT2D eigenvalue weighted by Crippen LogP contribution is 2.31. The molecular formula is C24H28F3N9O. The Morgan fingerprint density at radius 3 is 2.70 bits per heavy atom. The molecule has 13 heteroatoms. The van der Waals surface area contributed by atoms with Gasteiger partial charge in [0.1, 0.15) is 23.0 Å². The Morgan fingerprint density at radius 2 is 2.00 bits per heavy atom. The van der Waals surface area contributed by atoms with E-state index in [1.165, 1.54) is 4.57 Å². The van der Waals surface area contributed by atoms with E-state index < -0.39 is 25.2 Å². The van der Waals surface area contributed by atoms with E-state index in [4.69, 9.17) is 4.74 Å². The first-order valence-electron chi connectivity index (χ1n) is 12.3. The van der Waals surface area contributed by atoms with Crippen molar-refractivity contribution < 1.29 is 17.9 Å². The molecule has 0 saturated carbocycles. The van der Waals surface area contributed by atoms with Crippen LogP contribution in [0.2, 0.25) is 0 Å². The number of alkyl halides is 3. The molecule has 6 heterocycles. The number of fused-ring (bicyclic) bond motifs is 2. The predicted octanol–water partition coefficient (Wildman–Crippen LogP) is 2.98. The first-order valence-corrected chi connectivity index (χ1v) is 12.3. The van der Waals surface area contributed by atoms with Gasteiger partial charge in [-0.1, -0.05) is 0 Å². The summed E-state index contributed by atoms with van der Waals surface area (Å²) >= 11 is 0. The summed E-state index contributed by atoms with van der Waals surface area (Å²) in [5, 5.41) is 10.9. The number of aromatic nitrogens is 6. The van der Waals surface area contributed by atoms with Crippen LogP contribution in [-0.2, 0) is 11.3 Å². The van der Waals surface area contributed by atoms with E-state index in [1.807, 2.05) is 6.07 Å². The van der Waals surface area contributed by atoms with Crippen molar-refractivity contribution in [3.8, 4) is 11.3 Å². The van der Waals surface area contributed by atoms with Crippen LogP contribution in [0, 0.1) is 6.92 Å². The lowest BCUT2D eigenvalue weighted by Gasteiger charge is -2.42. The normalized spacial score (nSPS) is 21.1. The number of anilines is 2. The molecule has 2 saturated heterocycles. The second kappa shape index (κ2) is 9.45. The quantitative estimate of drug-likeness (QED) is 0.388. The van der Waals surface area contributed by atoms with Crippen LogP contribution in [0.4, 0.5) is 24.9 Å². The zero-order valence-electron chi connectivity index (χ0n) is 20.5. The molecule has 2 fully saturated rings. The SMILES string of the molecule is CNc1nc(N[C@H]2CCN(C3COC3)C[C@@H]2F)nn2ccc(-c3ccc4nc(C)n(CC(F)F)c4n3)c12. The van der Waals surface area contributed by atoms with Crippen LogP contribution in [-0.4, -0.2) is 92.1 Å². The lowest BCUT2D eigenvalue weighted by molar-refractivity contribution is -0.0794. The Balaban J connectivity index is 1.30. The van der Waals surface area contributed by atoms with Crippen molar-refractivity contribution in [3.63, 3.8) is 0 Å². The van der Waals surface area contributed by atoms with Crippen LogP contribution in [0.5, 0.6) is 0 Å². The maximum Gasteiger partial charge on any atom is 0.256 e. The molecule has 196 valence electrons. The van der Waals surface area contributed by atoms with Gasteiger partial charge in [0.2, 0.25) is 5.95 Å². The fourth-order valence-electron chi connectivity index (χ4n) is 5.11. The molecule has 0 amide bonds. The summed E-state index contributed by atoms with van der Waals surface area (Å²) in [5.74, 6) is 1.34. The Kier molecular flexibility index (Phi) is 6.11. The van der Waals surface area contributed by atoms with Gasteiger partial charge in [-0.2, -0.15) is 4.98 Å². The van der Waals surface area contributed by atoms with Crippen molar-refractivity contribution in [2.45, 2.75) is 44.6 Å². The van der Waals surface area contributed by atoms with E-state index in [1.54, 1.807) is 36.8 Å². The van der Waals surface area contributed by atoms with Gasteiger partial charge in [0.25, 0.3) is 6.43 Å². The van der Waals surface area contributed by atoms with Crippen LogP contribution < -0.4 is 10.6 Å². The van der Waals surface area contributed by atoms with E-state index in [2.05, 4.69) is 35.6 Å². The van der Waals surface area contributed by atoms with Crippen molar-refractivity contribution in [2.75, 3.05) is 44.0 Å². The first kappa shape index (κ1) is 23.9. The Labute approximate surface area is 210 Å². The third-order valence-corrected chi connectivity index (χ3v) is 7.15. The molecule has 4 aromatic heterocycles. The van der Waals surface area contributed by atoms with E-state index in [0.717, 1.165) is 12.1 Å². The summed E-state index contributed by atoms with van der Waals surface area (Å²) in [6.07, 6.45) is -1.15. The Morgan fingerprint density at radius 1 is 1.16 bits per heavy atom. The molecule has 10 nitrogen and oxygen atoms in total. The highest BCUT2D eigenvalue weighted by atomic mass is 19.3. The third kappa shape index (κ3) is 4.35. The highest BCUT2D eigenvalue weighted by Gasteiger charge is 2.35. The second-order valence-electron chi connectivity index (χ2n) is 9.50. The number of nitrogens with one attached hydrogen (secondary N) is 2. The average molecular weight is 516 g/mol. The predicted molar refractivity (Wildman–Crippen MR) is 133 cm³/mol. The van der Waals surface area contributed by atoms with Crippen molar-refractivity contribution in [2.24, 2.45) is 0 Å². The first-order chi connectivity index (χ1) is 17.9. The summed E-state index contributed by atoms with van der Waals surface area (Å²) < 4.78 is 49.6. The number of likely N-dealkylation sites (tertiary alicyclic amines) is 1. The zero-order chi connectivity index (χ0) is 25.7. The third-order valence-electron chi connectivity index (χ3n) is 7.15. The van der Waals surface area contributed by atoms with Gasteiger partial charge in [-0.05, 0) is 31.5 Å². The average Bonchev–Trinajstić information content (AvgIpc) is 3.39. The van der Waals surface area contributed by atoms with Gasteiger partial charge in [0.05, 0.1) is 37.5 Å². The minimum Gasteiger partial charge on any atom is -0.378 e. The van der Waals surface area contributed by atoms with E-state index >= 15 is 0 Å². The number of pyridine rings is 1. The molecule has 2 aliphatic heterocycles. The highest BCUT2D eigenvalue weighted by molar-refractivity contribution is 5.89. The number of nitrogens with zero attached hydrogens (tertiary/aromatic N) is 7. The monoisotopic (exact) mass is 515 g/mol. The van der Waals surface area contributed by atoms with Crippen LogP contribution in [0.25, 0.3) is 27.9 Å². The molecule has 2 aliphatic rings. The number of piperidine rings is 1. The molecular weight excluding hydrogens is 487 g/mol. The number of hydrogen-bond acceptors (Lipinski definition) is 8. The molecule has 0 unspecified atom stereocenters. The molecule has 0 bridgehead atoms. The Hall–Kier alpha value is -3.45. The molecule has 6 rings (SSSR count). The fourth-order valence-corrected chi connectivity index (χ4v) is 5.11. The minimum absolute atomic E-state index is 0.312. The lowest BCUT2D eigenvalue weighted by Crippen LogP contribution is -2.57. The molecule has 37 heavy (non-hydrogen) atoms. The molecule has 4 aromatic rings. The number of rotatable bonds is 7. The molecule has 2 N–H and O–H groups in total. The van der Waals surface area contributed by atoms with Gasteiger partial charge in [-0.15, -0.1) is 5.10 Å². The van der Waals surface area contributed by atoms with Crippen LogP contribution in [0.15, 0.2) is 24.4 Å². The van der Waals surface area contributed by atoms with E-state index in [9.17, 15) is 13.2 Å². The van der Waals surface area contributed by atoms with Crippen LogP contribution >= 0.6 is 0 Å². The molecule has 0 aliphatic carbocycles. The smallest absolute Gasteiger partial charge is 0.256 e. The number of imidazole rings is 1. The van der Waals surface area contributed by atoms with Gasteiger partial charge < -0.3 is 19.9 Å². The summed E-state index contributed by atoms with van der Waals surface area (Å²) in [6, 6.07) is 5.34. The van der Waals surface area contributed by atoms with Crippen molar-refractivity contribution >= 4 is 28.4 Å². The van der Waals surface area contributed by atoms with Gasteiger partial charge in [0.15, 0.2) is 11.5 Å². The van der Waals surface area contributed by atoms with Gasteiger partial charge in [0, 0.05) is 31.9 Å². The van der Waals surface area contributed by atoms with Crippen LogP contribution in [0.1, 0.15) is 12.2 Å². The fraction of sp³-hybridized carbons (Fsp3) is 0.500. The van der Waals surface area contributed by atoms with Crippen molar-refractivity contribution in [1.82, 2.24) is 34.0 Å². The summed E-state index contributed by atoms with van der Waals surface area (Å²) in [7, 11) is 1.75. The van der Waals surface area contributed by atoms with Gasteiger partial charge in [-0.25, -0.2) is 27.7 Å². The lowest BCUT2D eigenvalue weighted by atomic mass is 10.0. The number of ether oxygens (including phenoxy) is 1. The Bertz CT molecular complexity index is 1430. The maximum atomic E-state index is 15.0. The second-order valence-corrected chi connectivity index (χ2v) is 9.50. The molecule has 2 atom stereocenters. The topological polar surface area (TPSA) is 97.4 Å². The van der Waals surface area contributed by atoms with Gasteiger partial charge in [-0.3, -0.25) is 4.90 Å². The van der Waals surface area contributed by atoms with E-state index in [-0.39, 0.29) is 0 Å². The van der Waals surface area contributed by atoms with Crippen molar-refractivity contribution in [3.05, 3.63) is 30.2 Å². The molecule has 0 spiro atoms. The van der Waals surface area contributed by atoms with Gasteiger partial charge >= 0.3 is 0 Å². The number of hydrogen-bond donors (Lipinski definition) is 2. The summed E-state index contributed by atoms with van der Waals surface area (Å²) in [4.78, 5) is 15.8. The maximum absolute atomic E-state index is 15.0. The molecule has 0 radical (unpaired) electrons. The largest absolute Gasteiger partial charge is 0.378 e. The zero-order valence-corrected chi connectivity index (χ0v) is 20.5. The summed E-state index contributed by atoms with van der Waals surface area (Å²) in [6.45, 7) is 3.70. The number of aryl methyl sites for hydroxylation is 1. The molecule has 0 aromatic carbocycles. The standard InChI is InChI=1S/C24H28F3N9O/c1-13-29-19-4-3-17(30-23(19)35(13)10-20(26)27)15-5-8-36-21(15)22(28-2)32-24(33-36)31-18-6-7-34(9-16(18)25)14-11-37-12-14/h3-5,8,14,16,18,20H,6-7,9-12H2,1-2H3,(H2,28,31,32,33)/t16-,18-/m0/s1. The minimum atomic E-state index is -2.52.